The number of nitrogens with zero attached hydrogens (tertiary/aromatic N) is 1. The number of hydrogen-bond donors (Lipinski definition) is 0. The smallest absolute Gasteiger partial charge is 0.163 e. The van der Waals surface area contributed by atoms with Crippen molar-refractivity contribution in [3.05, 3.63) is 17.7 Å². The van der Waals surface area contributed by atoms with Gasteiger partial charge in [0, 0.05) is 31.8 Å². The van der Waals surface area contributed by atoms with Crippen molar-refractivity contribution in [2.45, 2.75) is 20.3 Å². The fraction of sp³-hybridized carbons (Fsp3) is 0.500. The van der Waals surface area contributed by atoms with Crippen LogP contribution < -0.4 is 14.4 Å². The van der Waals surface area contributed by atoms with Crippen molar-refractivity contribution in [1.82, 2.24) is 0 Å². The van der Waals surface area contributed by atoms with E-state index in [1.807, 2.05) is 26.1 Å². The van der Waals surface area contributed by atoms with E-state index >= 15 is 0 Å². The molecule has 0 amide bonds. The summed E-state index contributed by atoms with van der Waals surface area (Å²) in [6.07, 6.45) is 0.560. The molecule has 0 N–H and O–H groups in total. The van der Waals surface area contributed by atoms with E-state index in [1.165, 1.54) is 0 Å². The summed E-state index contributed by atoms with van der Waals surface area (Å²) in [6, 6.07) is 3.98. The molecule has 1 aliphatic rings. The Morgan fingerprint density at radius 2 is 1.89 bits per heavy atom. The van der Waals surface area contributed by atoms with E-state index in [9.17, 15) is 4.79 Å². The first-order valence-electron chi connectivity index (χ1n) is 6.19. The Labute approximate surface area is 107 Å². The summed E-state index contributed by atoms with van der Waals surface area (Å²) in [5.41, 5.74) is 2.21. The number of ether oxygens (including phenoxy) is 2. The number of benzene rings is 1. The minimum absolute atomic E-state index is 0.206. The topological polar surface area (TPSA) is 38.8 Å². The van der Waals surface area contributed by atoms with Crippen molar-refractivity contribution in [3.8, 4) is 11.5 Å². The van der Waals surface area contributed by atoms with Crippen molar-refractivity contribution < 1.29 is 14.3 Å². The third-order valence-electron chi connectivity index (χ3n) is 3.07. The van der Waals surface area contributed by atoms with Gasteiger partial charge in [0.15, 0.2) is 11.5 Å². The van der Waals surface area contributed by atoms with E-state index in [4.69, 9.17) is 9.47 Å². The molecule has 4 heteroatoms. The van der Waals surface area contributed by atoms with Gasteiger partial charge in [0.1, 0.15) is 19.0 Å². The summed E-state index contributed by atoms with van der Waals surface area (Å²) in [6.45, 7) is 5.57. The molecule has 98 valence electrons. The van der Waals surface area contributed by atoms with Crippen molar-refractivity contribution in [2.24, 2.45) is 0 Å². The zero-order valence-electron chi connectivity index (χ0n) is 11.2. The molecule has 18 heavy (non-hydrogen) atoms. The van der Waals surface area contributed by atoms with Gasteiger partial charge in [-0.25, -0.2) is 0 Å². The number of fused-ring (bicyclic) bond motifs is 1. The van der Waals surface area contributed by atoms with Crippen molar-refractivity contribution in [3.63, 3.8) is 0 Å². The molecule has 1 aromatic rings. The second-order valence-electron chi connectivity index (χ2n) is 4.66. The quantitative estimate of drug-likeness (QED) is 0.820. The van der Waals surface area contributed by atoms with Crippen molar-refractivity contribution >= 4 is 11.5 Å². The highest BCUT2D eigenvalue weighted by Crippen LogP contribution is 2.36. The molecule has 0 radical (unpaired) electrons. The number of ketones is 1. The summed E-state index contributed by atoms with van der Waals surface area (Å²) in [5, 5.41) is 0. The van der Waals surface area contributed by atoms with Gasteiger partial charge in [-0.05, 0) is 25.5 Å². The number of carbonyl (C=O) groups is 1. The van der Waals surface area contributed by atoms with Gasteiger partial charge in [-0.3, -0.25) is 4.79 Å². The lowest BCUT2D eigenvalue weighted by atomic mass is 10.1. The van der Waals surface area contributed by atoms with Crippen molar-refractivity contribution in [1.29, 1.82) is 0 Å². The summed E-state index contributed by atoms with van der Waals surface area (Å²) < 4.78 is 11.1. The molecule has 0 atom stereocenters. The molecule has 0 spiro atoms. The molecule has 0 unspecified atom stereocenters. The third-order valence-corrected chi connectivity index (χ3v) is 3.07. The van der Waals surface area contributed by atoms with E-state index in [-0.39, 0.29) is 5.78 Å². The lowest BCUT2D eigenvalue weighted by Crippen LogP contribution is -2.22. The molecule has 4 nitrogen and oxygen atoms in total. The molecule has 1 aliphatic heterocycles. The van der Waals surface area contributed by atoms with E-state index in [1.54, 1.807) is 6.92 Å². The van der Waals surface area contributed by atoms with Gasteiger partial charge < -0.3 is 14.4 Å². The maximum atomic E-state index is 11.0. The van der Waals surface area contributed by atoms with Crippen LogP contribution in [0, 0.1) is 6.92 Å². The van der Waals surface area contributed by atoms with Gasteiger partial charge in [0.25, 0.3) is 0 Å². The summed E-state index contributed by atoms with van der Waals surface area (Å²) >= 11 is 0. The number of hydrogen-bond acceptors (Lipinski definition) is 4. The third kappa shape index (κ3) is 2.75. The van der Waals surface area contributed by atoms with Crippen LogP contribution >= 0.6 is 0 Å². The van der Waals surface area contributed by atoms with Crippen LogP contribution in [0.4, 0.5) is 5.69 Å². The van der Waals surface area contributed by atoms with Crippen LogP contribution in [0.15, 0.2) is 12.1 Å². The normalized spacial score (nSPS) is 13.3. The number of anilines is 1. The van der Waals surface area contributed by atoms with Crippen LogP contribution in [-0.2, 0) is 4.79 Å². The van der Waals surface area contributed by atoms with Crippen LogP contribution in [-0.4, -0.2) is 32.6 Å². The monoisotopic (exact) mass is 249 g/mol. The molecule has 2 rings (SSSR count). The minimum atomic E-state index is 0.206. The molecule has 0 bridgehead atoms. The first-order chi connectivity index (χ1) is 8.58. The van der Waals surface area contributed by atoms with Crippen LogP contribution in [0.2, 0.25) is 0 Å². The average molecular weight is 249 g/mol. The predicted octanol–water partition coefficient (Wildman–Crippen LogP) is 2.18. The number of Topliss-reactive ketones (excluding diaryl/α,β-unsaturated/α-hetero) is 1. The SMILES string of the molecule is CC(=O)CCN(C)c1cc2c(cc1C)OCCO2. The highest BCUT2D eigenvalue weighted by atomic mass is 16.6. The van der Waals surface area contributed by atoms with E-state index in [2.05, 4.69) is 4.90 Å². The minimum Gasteiger partial charge on any atom is -0.486 e. The first kappa shape index (κ1) is 12.7. The van der Waals surface area contributed by atoms with Gasteiger partial charge in [-0.2, -0.15) is 0 Å². The Kier molecular flexibility index (Phi) is 3.75. The van der Waals surface area contributed by atoms with Crippen LogP contribution in [0.25, 0.3) is 0 Å². The van der Waals surface area contributed by atoms with Crippen molar-refractivity contribution in [2.75, 3.05) is 31.7 Å². The number of aryl methyl sites for hydroxylation is 1. The van der Waals surface area contributed by atoms with E-state index < -0.39 is 0 Å². The zero-order chi connectivity index (χ0) is 13.1. The maximum Gasteiger partial charge on any atom is 0.163 e. The van der Waals surface area contributed by atoms with Gasteiger partial charge in [0.2, 0.25) is 0 Å². The van der Waals surface area contributed by atoms with Gasteiger partial charge in [0.05, 0.1) is 0 Å². The second-order valence-corrected chi connectivity index (χ2v) is 4.66. The lowest BCUT2D eigenvalue weighted by Gasteiger charge is -2.25. The van der Waals surface area contributed by atoms with Gasteiger partial charge in [-0.1, -0.05) is 0 Å². The fourth-order valence-electron chi connectivity index (χ4n) is 2.04. The Balaban J connectivity index is 2.19. The molecular formula is C14H19NO3. The Morgan fingerprint density at radius 1 is 1.28 bits per heavy atom. The Morgan fingerprint density at radius 3 is 2.50 bits per heavy atom. The number of rotatable bonds is 4. The van der Waals surface area contributed by atoms with E-state index in [0.717, 1.165) is 29.3 Å². The average Bonchev–Trinajstić information content (AvgIpc) is 2.35. The molecule has 0 fully saturated rings. The molecule has 0 aromatic heterocycles. The summed E-state index contributed by atoms with van der Waals surface area (Å²) in [5.74, 6) is 1.80. The largest absolute Gasteiger partial charge is 0.486 e. The number of carbonyl (C=O) groups excluding carboxylic acids is 1. The lowest BCUT2D eigenvalue weighted by molar-refractivity contribution is -0.116. The molecule has 1 heterocycles. The standard InChI is InChI=1S/C14H19NO3/c1-10-8-13-14(18-7-6-17-13)9-12(10)15(3)5-4-11(2)16/h8-9H,4-7H2,1-3H3. The first-order valence-corrected chi connectivity index (χ1v) is 6.19. The Hall–Kier alpha value is -1.71. The maximum absolute atomic E-state index is 11.0. The highest BCUT2D eigenvalue weighted by Gasteiger charge is 2.16. The van der Waals surface area contributed by atoms with Crippen LogP contribution in [0.1, 0.15) is 18.9 Å². The van der Waals surface area contributed by atoms with Crippen LogP contribution in [0.5, 0.6) is 11.5 Å². The van der Waals surface area contributed by atoms with Crippen LogP contribution in [0.3, 0.4) is 0 Å². The highest BCUT2D eigenvalue weighted by molar-refractivity contribution is 5.76. The summed E-state index contributed by atoms with van der Waals surface area (Å²) in [4.78, 5) is 13.1. The molecule has 0 aliphatic carbocycles. The molecule has 0 saturated heterocycles. The van der Waals surface area contributed by atoms with Gasteiger partial charge in [-0.15, -0.1) is 0 Å². The van der Waals surface area contributed by atoms with Gasteiger partial charge >= 0.3 is 0 Å². The summed E-state index contributed by atoms with van der Waals surface area (Å²) in [7, 11) is 1.99. The Bertz CT molecular complexity index is 457. The van der Waals surface area contributed by atoms with E-state index in [0.29, 0.717) is 19.6 Å². The molecule has 1 aromatic carbocycles. The fourth-order valence-corrected chi connectivity index (χ4v) is 2.04. The predicted molar refractivity (Wildman–Crippen MR) is 70.7 cm³/mol. The zero-order valence-corrected chi connectivity index (χ0v) is 11.2. The second kappa shape index (κ2) is 5.29. The molecule has 0 saturated carbocycles. The molecular weight excluding hydrogens is 230 g/mol.